The van der Waals surface area contributed by atoms with Gasteiger partial charge in [-0.05, 0) is 19.3 Å². The zero-order valence-electron chi connectivity index (χ0n) is 8.38. The first-order valence-electron chi connectivity index (χ1n) is 4.61. The van der Waals surface area contributed by atoms with Crippen molar-refractivity contribution in [3.8, 4) is 0 Å². The second-order valence-electron chi connectivity index (χ2n) is 2.93. The standard InChI is InChI=1S/C10H18O3/c1-4-7-8-13-10(5-2,6-3)9(11)12/h4H,1,5-8H2,2-3H3,(H,11,12). The average Bonchev–Trinajstić information content (AvgIpc) is 2.13. The summed E-state index contributed by atoms with van der Waals surface area (Å²) in [5, 5.41) is 8.97. The van der Waals surface area contributed by atoms with Crippen molar-refractivity contribution in [1.82, 2.24) is 0 Å². The molecule has 13 heavy (non-hydrogen) atoms. The Balaban J connectivity index is 4.21. The lowest BCUT2D eigenvalue weighted by Crippen LogP contribution is -2.40. The molecule has 0 radical (unpaired) electrons. The van der Waals surface area contributed by atoms with Crippen molar-refractivity contribution in [3.05, 3.63) is 12.7 Å². The Morgan fingerprint density at radius 1 is 1.54 bits per heavy atom. The molecule has 0 aromatic carbocycles. The predicted molar refractivity (Wildman–Crippen MR) is 51.7 cm³/mol. The minimum absolute atomic E-state index is 0.428. The highest BCUT2D eigenvalue weighted by Crippen LogP contribution is 2.20. The van der Waals surface area contributed by atoms with Crippen molar-refractivity contribution >= 4 is 5.97 Å². The van der Waals surface area contributed by atoms with E-state index in [2.05, 4.69) is 6.58 Å². The lowest BCUT2D eigenvalue weighted by Gasteiger charge is -2.26. The van der Waals surface area contributed by atoms with Crippen LogP contribution in [0.25, 0.3) is 0 Å². The van der Waals surface area contributed by atoms with E-state index in [9.17, 15) is 4.79 Å². The second kappa shape index (κ2) is 5.75. The van der Waals surface area contributed by atoms with Crippen LogP contribution in [0.4, 0.5) is 0 Å². The summed E-state index contributed by atoms with van der Waals surface area (Å²) in [5.74, 6) is -0.874. The van der Waals surface area contributed by atoms with E-state index in [-0.39, 0.29) is 0 Å². The number of carboxylic acid groups (broad SMARTS) is 1. The second-order valence-corrected chi connectivity index (χ2v) is 2.93. The molecule has 0 heterocycles. The van der Waals surface area contributed by atoms with Gasteiger partial charge < -0.3 is 9.84 Å². The van der Waals surface area contributed by atoms with Crippen molar-refractivity contribution < 1.29 is 14.6 Å². The van der Waals surface area contributed by atoms with Crippen LogP contribution in [0, 0.1) is 0 Å². The van der Waals surface area contributed by atoms with Crippen LogP contribution >= 0.6 is 0 Å². The van der Waals surface area contributed by atoms with E-state index in [1.54, 1.807) is 6.08 Å². The lowest BCUT2D eigenvalue weighted by atomic mass is 9.97. The number of aliphatic carboxylic acids is 1. The summed E-state index contributed by atoms with van der Waals surface area (Å²) in [6, 6.07) is 0. The first kappa shape index (κ1) is 12.2. The number of carbonyl (C=O) groups is 1. The molecule has 0 unspecified atom stereocenters. The van der Waals surface area contributed by atoms with E-state index in [0.29, 0.717) is 25.9 Å². The molecule has 0 aliphatic heterocycles. The molecule has 0 aromatic rings. The van der Waals surface area contributed by atoms with Gasteiger partial charge in [0, 0.05) is 0 Å². The first-order valence-corrected chi connectivity index (χ1v) is 4.61. The molecule has 0 fully saturated rings. The zero-order valence-corrected chi connectivity index (χ0v) is 8.38. The SMILES string of the molecule is C=CCCOC(CC)(CC)C(=O)O. The van der Waals surface area contributed by atoms with Crippen molar-refractivity contribution in [2.75, 3.05) is 6.61 Å². The highest BCUT2D eigenvalue weighted by atomic mass is 16.5. The Bertz CT molecular complexity index is 171. The zero-order chi connectivity index (χ0) is 10.3. The quantitative estimate of drug-likeness (QED) is 0.490. The van der Waals surface area contributed by atoms with Crippen LogP contribution in [0.15, 0.2) is 12.7 Å². The van der Waals surface area contributed by atoms with Crippen LogP contribution in [0.5, 0.6) is 0 Å². The summed E-state index contributed by atoms with van der Waals surface area (Å²) in [5.41, 5.74) is -0.997. The smallest absolute Gasteiger partial charge is 0.335 e. The normalized spacial score (nSPS) is 11.2. The van der Waals surface area contributed by atoms with Crippen LogP contribution in [-0.2, 0) is 9.53 Å². The molecule has 1 N–H and O–H groups in total. The van der Waals surface area contributed by atoms with Crippen LogP contribution in [0.1, 0.15) is 33.1 Å². The maximum atomic E-state index is 10.9. The monoisotopic (exact) mass is 186 g/mol. The Labute approximate surface area is 79.4 Å². The van der Waals surface area contributed by atoms with Gasteiger partial charge in [0.1, 0.15) is 0 Å². The lowest BCUT2D eigenvalue weighted by molar-refractivity contribution is -0.167. The molecule has 0 amide bonds. The summed E-state index contributed by atoms with van der Waals surface area (Å²) in [6.45, 7) is 7.63. The maximum Gasteiger partial charge on any atom is 0.335 e. The van der Waals surface area contributed by atoms with Crippen molar-refractivity contribution in [1.29, 1.82) is 0 Å². The summed E-state index contributed by atoms with van der Waals surface area (Å²) < 4.78 is 5.36. The summed E-state index contributed by atoms with van der Waals surface area (Å²) in [7, 11) is 0. The van der Waals surface area contributed by atoms with Gasteiger partial charge in [-0.2, -0.15) is 0 Å². The molecule has 3 heteroatoms. The molecule has 0 rings (SSSR count). The van der Waals surface area contributed by atoms with E-state index in [4.69, 9.17) is 9.84 Å². The van der Waals surface area contributed by atoms with Crippen LogP contribution in [0.2, 0.25) is 0 Å². The van der Waals surface area contributed by atoms with Crippen LogP contribution in [-0.4, -0.2) is 23.3 Å². The Morgan fingerprint density at radius 2 is 2.08 bits per heavy atom. The van der Waals surface area contributed by atoms with E-state index in [1.807, 2.05) is 13.8 Å². The van der Waals surface area contributed by atoms with E-state index < -0.39 is 11.6 Å². The fourth-order valence-electron chi connectivity index (χ4n) is 1.16. The molecular formula is C10H18O3. The fourth-order valence-corrected chi connectivity index (χ4v) is 1.16. The van der Waals surface area contributed by atoms with Crippen molar-refractivity contribution in [2.45, 2.75) is 38.7 Å². The highest BCUT2D eigenvalue weighted by molar-refractivity contribution is 5.77. The largest absolute Gasteiger partial charge is 0.479 e. The molecule has 0 aliphatic rings. The minimum Gasteiger partial charge on any atom is -0.479 e. The van der Waals surface area contributed by atoms with Gasteiger partial charge in [-0.15, -0.1) is 6.58 Å². The van der Waals surface area contributed by atoms with E-state index in [1.165, 1.54) is 0 Å². The summed E-state index contributed by atoms with van der Waals surface area (Å²) >= 11 is 0. The Kier molecular flexibility index (Phi) is 5.39. The number of carboxylic acids is 1. The topological polar surface area (TPSA) is 46.5 Å². The molecule has 76 valence electrons. The Hall–Kier alpha value is -0.830. The third kappa shape index (κ3) is 3.19. The first-order chi connectivity index (χ1) is 6.13. The summed E-state index contributed by atoms with van der Waals surface area (Å²) in [4.78, 5) is 10.9. The third-order valence-electron chi connectivity index (χ3n) is 2.23. The van der Waals surface area contributed by atoms with Crippen molar-refractivity contribution in [2.24, 2.45) is 0 Å². The van der Waals surface area contributed by atoms with E-state index >= 15 is 0 Å². The van der Waals surface area contributed by atoms with Gasteiger partial charge >= 0.3 is 5.97 Å². The number of hydrogen-bond acceptors (Lipinski definition) is 2. The Morgan fingerprint density at radius 3 is 2.38 bits per heavy atom. The van der Waals surface area contributed by atoms with Crippen LogP contribution < -0.4 is 0 Å². The van der Waals surface area contributed by atoms with E-state index in [0.717, 1.165) is 0 Å². The average molecular weight is 186 g/mol. The molecule has 0 bridgehead atoms. The minimum atomic E-state index is -0.997. The number of hydrogen-bond donors (Lipinski definition) is 1. The highest BCUT2D eigenvalue weighted by Gasteiger charge is 2.35. The molecule has 0 aliphatic carbocycles. The van der Waals surface area contributed by atoms with Gasteiger partial charge in [0.25, 0.3) is 0 Å². The molecule has 0 aromatic heterocycles. The van der Waals surface area contributed by atoms with Crippen LogP contribution in [0.3, 0.4) is 0 Å². The molecule has 0 spiro atoms. The number of ether oxygens (including phenoxy) is 1. The van der Waals surface area contributed by atoms with Gasteiger partial charge in [0.15, 0.2) is 5.60 Å². The predicted octanol–water partition coefficient (Wildman–Crippen LogP) is 2.22. The molecule has 0 saturated heterocycles. The maximum absolute atomic E-state index is 10.9. The molecule has 0 saturated carbocycles. The van der Waals surface area contributed by atoms with Gasteiger partial charge in [-0.25, -0.2) is 4.79 Å². The van der Waals surface area contributed by atoms with Gasteiger partial charge in [0.05, 0.1) is 6.61 Å². The molecule has 0 atom stereocenters. The van der Waals surface area contributed by atoms with Gasteiger partial charge in [-0.1, -0.05) is 19.9 Å². The molecular weight excluding hydrogens is 168 g/mol. The van der Waals surface area contributed by atoms with Gasteiger partial charge in [-0.3, -0.25) is 0 Å². The third-order valence-corrected chi connectivity index (χ3v) is 2.23. The van der Waals surface area contributed by atoms with Crippen molar-refractivity contribution in [3.63, 3.8) is 0 Å². The number of rotatable bonds is 7. The van der Waals surface area contributed by atoms with Gasteiger partial charge in [0.2, 0.25) is 0 Å². The fraction of sp³-hybridized carbons (Fsp3) is 0.700. The molecule has 3 nitrogen and oxygen atoms in total. The summed E-state index contributed by atoms with van der Waals surface area (Å²) in [6.07, 6.45) is 3.40.